The minimum atomic E-state index is -1.98. The van der Waals surface area contributed by atoms with Crippen molar-refractivity contribution in [2.75, 3.05) is 7.11 Å². The number of rotatable bonds is 3. The van der Waals surface area contributed by atoms with Crippen molar-refractivity contribution < 1.29 is 13.9 Å². The van der Waals surface area contributed by atoms with Gasteiger partial charge in [-0.1, -0.05) is 58.4 Å². The second-order valence-corrected chi connectivity index (χ2v) is 6.09. The van der Waals surface area contributed by atoms with E-state index in [0.717, 1.165) is 15.6 Å². The quantitative estimate of drug-likeness (QED) is 0.776. The molecule has 0 bridgehead atoms. The number of esters is 1. The molecule has 3 rings (SSSR count). The van der Waals surface area contributed by atoms with E-state index < -0.39 is 23.5 Å². The van der Waals surface area contributed by atoms with Crippen molar-refractivity contribution in [1.82, 2.24) is 0 Å². The lowest BCUT2D eigenvalue weighted by Crippen LogP contribution is -2.22. The highest BCUT2D eigenvalue weighted by Gasteiger charge is 2.73. The van der Waals surface area contributed by atoms with Gasteiger partial charge < -0.3 is 4.74 Å². The Bertz CT molecular complexity index is 656. The van der Waals surface area contributed by atoms with Crippen LogP contribution in [0.2, 0.25) is 0 Å². The molecule has 1 aliphatic rings. The average molecular weight is 349 g/mol. The summed E-state index contributed by atoms with van der Waals surface area (Å²) in [5, 5.41) is 0. The van der Waals surface area contributed by atoms with Crippen LogP contribution in [-0.2, 0) is 9.53 Å². The Morgan fingerprint density at radius 3 is 2.10 bits per heavy atom. The van der Waals surface area contributed by atoms with Crippen LogP contribution in [0.25, 0.3) is 0 Å². The Morgan fingerprint density at radius 2 is 1.57 bits per heavy atom. The van der Waals surface area contributed by atoms with Gasteiger partial charge in [-0.3, -0.25) is 0 Å². The second kappa shape index (κ2) is 5.26. The first-order valence-electron chi connectivity index (χ1n) is 6.66. The van der Waals surface area contributed by atoms with E-state index in [-0.39, 0.29) is 0 Å². The topological polar surface area (TPSA) is 26.3 Å². The van der Waals surface area contributed by atoms with Crippen molar-refractivity contribution in [2.24, 2.45) is 0 Å². The monoisotopic (exact) mass is 348 g/mol. The van der Waals surface area contributed by atoms with E-state index >= 15 is 4.39 Å². The summed E-state index contributed by atoms with van der Waals surface area (Å²) in [4.78, 5) is 11.9. The van der Waals surface area contributed by atoms with E-state index in [1.807, 2.05) is 54.6 Å². The second-order valence-electron chi connectivity index (χ2n) is 5.18. The third-order valence-corrected chi connectivity index (χ3v) is 4.54. The largest absolute Gasteiger partial charge is 0.467 e. The van der Waals surface area contributed by atoms with Crippen LogP contribution in [0.15, 0.2) is 59.1 Å². The summed E-state index contributed by atoms with van der Waals surface area (Å²) < 4.78 is 20.8. The van der Waals surface area contributed by atoms with E-state index in [2.05, 4.69) is 20.7 Å². The summed E-state index contributed by atoms with van der Waals surface area (Å²) in [6, 6.07) is 16.7. The summed E-state index contributed by atoms with van der Waals surface area (Å²) in [6.45, 7) is 0. The van der Waals surface area contributed by atoms with Gasteiger partial charge in [-0.05, 0) is 23.3 Å². The average Bonchev–Trinajstić information content (AvgIpc) is 3.15. The van der Waals surface area contributed by atoms with Crippen molar-refractivity contribution in [2.45, 2.75) is 17.5 Å². The van der Waals surface area contributed by atoms with E-state index in [1.54, 1.807) is 0 Å². The zero-order valence-corrected chi connectivity index (χ0v) is 13.0. The molecule has 2 aromatic carbocycles. The third-order valence-electron chi connectivity index (χ3n) is 4.02. The Kier molecular flexibility index (Phi) is 3.57. The highest BCUT2D eigenvalue weighted by Crippen LogP contribution is 2.66. The van der Waals surface area contributed by atoms with Crippen LogP contribution < -0.4 is 0 Å². The lowest BCUT2D eigenvalue weighted by molar-refractivity contribution is -0.148. The summed E-state index contributed by atoms with van der Waals surface area (Å²) in [5.74, 6) is -1.79. The highest BCUT2D eigenvalue weighted by molar-refractivity contribution is 9.10. The number of hydrogen-bond acceptors (Lipinski definition) is 2. The molecule has 3 atom stereocenters. The molecule has 0 N–H and O–H groups in total. The first-order chi connectivity index (χ1) is 10.1. The number of benzene rings is 2. The molecule has 108 valence electrons. The molecule has 21 heavy (non-hydrogen) atoms. The van der Waals surface area contributed by atoms with Gasteiger partial charge in [0.15, 0.2) is 0 Å². The normalized spacial score (nSPS) is 27.2. The maximum Gasteiger partial charge on any atom is 0.344 e. The maximum atomic E-state index is 15.2. The Labute approximate surface area is 131 Å². The van der Waals surface area contributed by atoms with Gasteiger partial charge in [0.25, 0.3) is 0 Å². The van der Waals surface area contributed by atoms with Crippen molar-refractivity contribution in [3.8, 4) is 0 Å². The Morgan fingerprint density at radius 1 is 1.05 bits per heavy atom. The zero-order valence-electron chi connectivity index (χ0n) is 11.4. The lowest BCUT2D eigenvalue weighted by Gasteiger charge is -2.05. The molecule has 0 amide bonds. The number of hydrogen-bond donors (Lipinski definition) is 0. The molecular formula is C17H14BrFO2. The summed E-state index contributed by atoms with van der Waals surface area (Å²) in [5.41, 5.74) is -0.359. The molecule has 2 nitrogen and oxygen atoms in total. The van der Waals surface area contributed by atoms with Gasteiger partial charge in [-0.15, -0.1) is 0 Å². The SMILES string of the molecule is COC(=O)[C@]1(F)[C@H](c2ccccc2)[C@H]1c1ccc(Br)cc1. The van der Waals surface area contributed by atoms with Gasteiger partial charge in [-0.25, -0.2) is 9.18 Å². The predicted molar refractivity (Wildman–Crippen MR) is 81.9 cm³/mol. The van der Waals surface area contributed by atoms with Gasteiger partial charge >= 0.3 is 5.97 Å². The molecule has 0 unspecified atom stereocenters. The molecule has 4 heteroatoms. The van der Waals surface area contributed by atoms with Gasteiger partial charge in [0, 0.05) is 16.3 Å². The van der Waals surface area contributed by atoms with Crippen molar-refractivity contribution in [1.29, 1.82) is 0 Å². The fourth-order valence-corrected chi connectivity index (χ4v) is 3.23. The minimum Gasteiger partial charge on any atom is -0.467 e. The molecule has 1 aliphatic carbocycles. The number of carbonyl (C=O) groups excluding carboxylic acids is 1. The molecule has 1 saturated carbocycles. The molecule has 0 saturated heterocycles. The standard InChI is InChI=1S/C17H14BrFO2/c1-21-16(20)17(19)14(11-5-3-2-4-6-11)15(17)12-7-9-13(18)10-8-12/h2-10,14-15H,1H3/t14-,15-,17+/m1/s1. The Balaban J connectivity index is 2.01. The van der Waals surface area contributed by atoms with Crippen LogP contribution in [0.5, 0.6) is 0 Å². The predicted octanol–water partition coefficient (Wildman–Crippen LogP) is 4.21. The van der Waals surface area contributed by atoms with E-state index in [1.165, 1.54) is 7.11 Å². The number of halogens is 2. The summed E-state index contributed by atoms with van der Waals surface area (Å²) >= 11 is 3.36. The summed E-state index contributed by atoms with van der Waals surface area (Å²) in [6.07, 6.45) is 0. The first kappa shape index (κ1) is 14.3. The highest BCUT2D eigenvalue weighted by atomic mass is 79.9. The number of alkyl halides is 1. The molecule has 0 spiro atoms. The van der Waals surface area contributed by atoms with Crippen LogP contribution in [0.1, 0.15) is 23.0 Å². The van der Waals surface area contributed by atoms with Crippen LogP contribution in [0, 0.1) is 0 Å². The van der Waals surface area contributed by atoms with Gasteiger partial charge in [-0.2, -0.15) is 0 Å². The molecule has 2 aromatic rings. The minimum absolute atomic E-state index is 0.493. The number of ether oxygens (including phenoxy) is 1. The molecule has 1 fully saturated rings. The van der Waals surface area contributed by atoms with Crippen LogP contribution in [0.3, 0.4) is 0 Å². The molecular weight excluding hydrogens is 335 g/mol. The van der Waals surface area contributed by atoms with Crippen LogP contribution in [-0.4, -0.2) is 18.7 Å². The maximum absolute atomic E-state index is 15.2. The smallest absolute Gasteiger partial charge is 0.344 e. The molecule has 0 heterocycles. The molecule has 0 radical (unpaired) electrons. The fraction of sp³-hybridized carbons (Fsp3) is 0.235. The van der Waals surface area contributed by atoms with Crippen LogP contribution in [0.4, 0.5) is 4.39 Å². The van der Waals surface area contributed by atoms with E-state index in [9.17, 15) is 4.79 Å². The zero-order chi connectivity index (χ0) is 15.0. The fourth-order valence-electron chi connectivity index (χ4n) is 2.97. The first-order valence-corrected chi connectivity index (χ1v) is 7.46. The van der Waals surface area contributed by atoms with Crippen molar-refractivity contribution >= 4 is 21.9 Å². The van der Waals surface area contributed by atoms with E-state index in [0.29, 0.717) is 0 Å². The number of methoxy groups -OCH3 is 1. The van der Waals surface area contributed by atoms with Gasteiger partial charge in [0.1, 0.15) is 0 Å². The van der Waals surface area contributed by atoms with Gasteiger partial charge in [0.2, 0.25) is 5.67 Å². The third kappa shape index (κ3) is 2.27. The summed E-state index contributed by atoms with van der Waals surface area (Å²) in [7, 11) is 1.22. The number of carbonyl (C=O) groups is 1. The van der Waals surface area contributed by atoms with Crippen molar-refractivity contribution in [3.05, 3.63) is 70.2 Å². The van der Waals surface area contributed by atoms with Gasteiger partial charge in [0.05, 0.1) is 7.11 Å². The van der Waals surface area contributed by atoms with Crippen LogP contribution >= 0.6 is 15.9 Å². The van der Waals surface area contributed by atoms with E-state index in [4.69, 9.17) is 0 Å². The molecule has 0 aromatic heterocycles. The molecule has 0 aliphatic heterocycles. The lowest BCUT2D eigenvalue weighted by atomic mass is 10.0. The Hall–Kier alpha value is -1.68. The van der Waals surface area contributed by atoms with Crippen molar-refractivity contribution in [3.63, 3.8) is 0 Å².